The van der Waals surface area contributed by atoms with Gasteiger partial charge in [0.25, 0.3) is 0 Å². The van der Waals surface area contributed by atoms with E-state index in [1.165, 1.54) is 22.6 Å². The van der Waals surface area contributed by atoms with Crippen LogP contribution >= 0.6 is 11.8 Å². The molecular weight excluding hydrogens is 261 g/mol. The molecule has 1 atom stereocenters. The molecule has 1 aliphatic heterocycles. The summed E-state index contributed by atoms with van der Waals surface area (Å²) in [6.07, 6.45) is 0. The van der Waals surface area contributed by atoms with Gasteiger partial charge in [-0.15, -0.1) is 11.8 Å². The lowest BCUT2D eigenvalue weighted by Gasteiger charge is -2.13. The maximum Gasteiger partial charge on any atom is 0.149 e. The predicted octanol–water partition coefficient (Wildman–Crippen LogP) is 3.68. The molecule has 98 valence electrons. The van der Waals surface area contributed by atoms with E-state index in [0.29, 0.717) is 18.3 Å². The highest BCUT2D eigenvalue weighted by atomic mass is 32.2. The maximum atomic E-state index is 13.3. The number of anilines is 1. The van der Waals surface area contributed by atoms with Crippen molar-refractivity contribution in [2.75, 3.05) is 18.1 Å². The second-order valence-corrected chi connectivity index (χ2v) is 5.60. The molecule has 2 nitrogen and oxygen atoms in total. The standard InChI is InChI=1S/C15H14FNOS/c16-13-7-11(5-6-14(13)17)18-8-10-9-19-15-4-2-1-3-12(10)15/h1-7,10H,8-9,17H2. The summed E-state index contributed by atoms with van der Waals surface area (Å²) < 4.78 is 19.0. The van der Waals surface area contributed by atoms with Crippen LogP contribution in [-0.2, 0) is 0 Å². The second kappa shape index (κ2) is 5.13. The molecule has 0 aliphatic carbocycles. The molecule has 0 fully saturated rings. The minimum atomic E-state index is -0.432. The van der Waals surface area contributed by atoms with Crippen molar-refractivity contribution < 1.29 is 9.13 Å². The molecule has 3 rings (SSSR count). The Balaban J connectivity index is 1.69. The highest BCUT2D eigenvalue weighted by Crippen LogP contribution is 2.39. The molecule has 0 aromatic heterocycles. The van der Waals surface area contributed by atoms with Crippen LogP contribution in [0.1, 0.15) is 11.5 Å². The van der Waals surface area contributed by atoms with Gasteiger partial charge in [-0.3, -0.25) is 0 Å². The molecule has 4 heteroatoms. The smallest absolute Gasteiger partial charge is 0.149 e. The van der Waals surface area contributed by atoms with Gasteiger partial charge in [0.05, 0.1) is 12.3 Å². The molecule has 0 saturated heterocycles. The van der Waals surface area contributed by atoms with Gasteiger partial charge in [0, 0.05) is 22.6 Å². The Bertz CT molecular complexity index is 602. The number of halogens is 1. The lowest BCUT2D eigenvalue weighted by Crippen LogP contribution is -2.10. The number of fused-ring (bicyclic) bond motifs is 1. The fourth-order valence-electron chi connectivity index (χ4n) is 2.16. The predicted molar refractivity (Wildman–Crippen MR) is 76.2 cm³/mol. The largest absolute Gasteiger partial charge is 0.493 e. The molecule has 0 radical (unpaired) electrons. The zero-order chi connectivity index (χ0) is 13.2. The average molecular weight is 275 g/mol. The first-order valence-electron chi connectivity index (χ1n) is 6.13. The lowest BCUT2D eigenvalue weighted by molar-refractivity contribution is 0.296. The van der Waals surface area contributed by atoms with Gasteiger partial charge in [0.1, 0.15) is 11.6 Å². The fourth-order valence-corrected chi connectivity index (χ4v) is 3.39. The third-order valence-corrected chi connectivity index (χ3v) is 4.47. The molecule has 0 bridgehead atoms. The molecule has 1 aliphatic rings. The van der Waals surface area contributed by atoms with Crippen LogP contribution in [0.5, 0.6) is 5.75 Å². The topological polar surface area (TPSA) is 35.2 Å². The number of hydrogen-bond donors (Lipinski definition) is 1. The molecule has 19 heavy (non-hydrogen) atoms. The van der Waals surface area contributed by atoms with Gasteiger partial charge in [-0.2, -0.15) is 0 Å². The molecule has 1 unspecified atom stereocenters. The summed E-state index contributed by atoms with van der Waals surface area (Å²) >= 11 is 1.84. The van der Waals surface area contributed by atoms with Crippen LogP contribution in [-0.4, -0.2) is 12.4 Å². The average Bonchev–Trinajstić information content (AvgIpc) is 2.83. The zero-order valence-corrected chi connectivity index (χ0v) is 11.1. The van der Waals surface area contributed by atoms with Crippen LogP contribution in [0.15, 0.2) is 47.4 Å². The summed E-state index contributed by atoms with van der Waals surface area (Å²) in [5.41, 5.74) is 6.91. The molecule has 1 heterocycles. The monoisotopic (exact) mass is 275 g/mol. The minimum absolute atomic E-state index is 0.147. The first-order valence-corrected chi connectivity index (χ1v) is 7.12. The van der Waals surface area contributed by atoms with Crippen molar-refractivity contribution in [2.24, 2.45) is 0 Å². The van der Waals surface area contributed by atoms with E-state index >= 15 is 0 Å². The van der Waals surface area contributed by atoms with Crippen molar-refractivity contribution in [1.82, 2.24) is 0 Å². The highest BCUT2D eigenvalue weighted by molar-refractivity contribution is 7.99. The van der Waals surface area contributed by atoms with Crippen molar-refractivity contribution >= 4 is 17.4 Å². The number of hydrogen-bond acceptors (Lipinski definition) is 3. The van der Waals surface area contributed by atoms with Gasteiger partial charge >= 0.3 is 0 Å². The SMILES string of the molecule is Nc1ccc(OCC2CSc3ccccc32)cc1F. The van der Waals surface area contributed by atoms with Crippen molar-refractivity contribution in [2.45, 2.75) is 10.8 Å². The van der Waals surface area contributed by atoms with Gasteiger partial charge in [0.15, 0.2) is 0 Å². The van der Waals surface area contributed by atoms with E-state index in [0.717, 1.165) is 5.75 Å². The normalized spacial score (nSPS) is 17.2. The number of benzene rings is 2. The van der Waals surface area contributed by atoms with E-state index in [9.17, 15) is 4.39 Å². The van der Waals surface area contributed by atoms with Crippen LogP contribution in [0.2, 0.25) is 0 Å². The highest BCUT2D eigenvalue weighted by Gasteiger charge is 2.23. The number of nitrogens with two attached hydrogens (primary N) is 1. The molecule has 2 aromatic carbocycles. The first kappa shape index (κ1) is 12.4. The molecule has 2 N–H and O–H groups in total. The number of ether oxygens (including phenoxy) is 1. The third kappa shape index (κ3) is 2.54. The Labute approximate surface area is 115 Å². The molecule has 0 saturated carbocycles. The molecule has 2 aromatic rings. The Morgan fingerprint density at radius 3 is 2.95 bits per heavy atom. The van der Waals surface area contributed by atoms with E-state index in [1.807, 2.05) is 23.9 Å². The minimum Gasteiger partial charge on any atom is -0.493 e. The van der Waals surface area contributed by atoms with Crippen molar-refractivity contribution in [3.05, 3.63) is 53.8 Å². The van der Waals surface area contributed by atoms with Crippen LogP contribution in [0.4, 0.5) is 10.1 Å². The van der Waals surface area contributed by atoms with Gasteiger partial charge in [-0.1, -0.05) is 18.2 Å². The van der Waals surface area contributed by atoms with Crippen molar-refractivity contribution in [3.8, 4) is 5.75 Å². The van der Waals surface area contributed by atoms with E-state index in [2.05, 4.69) is 12.1 Å². The second-order valence-electron chi connectivity index (χ2n) is 4.54. The molecule has 0 spiro atoms. The fraction of sp³-hybridized carbons (Fsp3) is 0.200. The summed E-state index contributed by atoms with van der Waals surface area (Å²) in [6.45, 7) is 0.563. The quantitative estimate of drug-likeness (QED) is 0.868. The first-order chi connectivity index (χ1) is 9.24. The number of rotatable bonds is 3. The number of thioether (sulfide) groups is 1. The maximum absolute atomic E-state index is 13.3. The summed E-state index contributed by atoms with van der Waals surface area (Å²) in [7, 11) is 0. The summed E-state index contributed by atoms with van der Waals surface area (Å²) in [5.74, 6) is 1.47. The molecule has 0 amide bonds. The lowest BCUT2D eigenvalue weighted by atomic mass is 10.0. The summed E-state index contributed by atoms with van der Waals surface area (Å²) in [5, 5.41) is 0. The molecular formula is C15H14FNOS. The summed E-state index contributed by atoms with van der Waals surface area (Å²) in [6, 6.07) is 12.9. The Kier molecular flexibility index (Phi) is 3.34. The van der Waals surface area contributed by atoms with Gasteiger partial charge < -0.3 is 10.5 Å². The van der Waals surface area contributed by atoms with Crippen LogP contribution < -0.4 is 10.5 Å². The van der Waals surface area contributed by atoms with Gasteiger partial charge in [0.2, 0.25) is 0 Å². The van der Waals surface area contributed by atoms with Gasteiger partial charge in [-0.05, 0) is 23.8 Å². The van der Waals surface area contributed by atoms with E-state index in [4.69, 9.17) is 10.5 Å². The van der Waals surface area contributed by atoms with Crippen LogP contribution in [0.25, 0.3) is 0 Å². The Hall–Kier alpha value is -1.68. The Morgan fingerprint density at radius 2 is 2.11 bits per heavy atom. The Morgan fingerprint density at radius 1 is 1.26 bits per heavy atom. The zero-order valence-electron chi connectivity index (χ0n) is 10.3. The van der Waals surface area contributed by atoms with E-state index in [1.54, 1.807) is 6.07 Å². The number of nitrogen functional groups attached to an aromatic ring is 1. The van der Waals surface area contributed by atoms with E-state index < -0.39 is 5.82 Å². The van der Waals surface area contributed by atoms with E-state index in [-0.39, 0.29) is 5.69 Å². The van der Waals surface area contributed by atoms with Crippen LogP contribution in [0, 0.1) is 5.82 Å². The van der Waals surface area contributed by atoms with Crippen molar-refractivity contribution in [1.29, 1.82) is 0 Å². The third-order valence-electron chi connectivity index (χ3n) is 3.22. The van der Waals surface area contributed by atoms with Crippen molar-refractivity contribution in [3.63, 3.8) is 0 Å². The van der Waals surface area contributed by atoms with Gasteiger partial charge in [-0.25, -0.2) is 4.39 Å². The summed E-state index contributed by atoms with van der Waals surface area (Å²) in [4.78, 5) is 1.32. The van der Waals surface area contributed by atoms with Crippen LogP contribution in [0.3, 0.4) is 0 Å².